The lowest BCUT2D eigenvalue weighted by molar-refractivity contribution is -0.134. The quantitative estimate of drug-likeness (QED) is 0.581. The Morgan fingerprint density at radius 1 is 1.25 bits per heavy atom. The number of carbonyl (C=O) groups is 1. The molecule has 0 fully saturated rings. The van der Waals surface area contributed by atoms with E-state index >= 15 is 0 Å². The number of rotatable bonds is 4. The van der Waals surface area contributed by atoms with Crippen LogP contribution in [0.25, 0.3) is 11.0 Å². The molecule has 2 heterocycles. The molecule has 0 unspecified atom stereocenters. The first-order valence-corrected chi connectivity index (χ1v) is 8.20. The Morgan fingerprint density at radius 3 is 2.67 bits per heavy atom. The summed E-state index contributed by atoms with van der Waals surface area (Å²) in [5.41, 5.74) is 0.974. The van der Waals surface area contributed by atoms with E-state index in [4.69, 9.17) is 27.6 Å². The van der Waals surface area contributed by atoms with Crippen LogP contribution in [0.1, 0.15) is 15.4 Å². The second-order valence-corrected chi connectivity index (χ2v) is 6.91. The van der Waals surface area contributed by atoms with Gasteiger partial charge < -0.3 is 4.42 Å². The number of hydrogen-bond acceptors (Lipinski definition) is 4. The van der Waals surface area contributed by atoms with Crippen molar-refractivity contribution in [2.24, 2.45) is 0 Å². The van der Waals surface area contributed by atoms with Crippen molar-refractivity contribution in [2.45, 2.75) is 19.0 Å². The van der Waals surface area contributed by atoms with Crippen LogP contribution in [0.4, 0.5) is 13.2 Å². The van der Waals surface area contributed by atoms with Gasteiger partial charge in [0.15, 0.2) is 5.58 Å². The number of Topliss-reactive ketones (excluding diaryl/α,β-unsaturated/α-hetero) is 1. The average molecular weight is 394 g/mol. The molecule has 0 N–H and O–H groups in total. The Balaban J connectivity index is 1.76. The second kappa shape index (κ2) is 6.38. The van der Waals surface area contributed by atoms with Gasteiger partial charge in [0.1, 0.15) is 20.7 Å². The van der Waals surface area contributed by atoms with E-state index in [1.807, 2.05) is 0 Å². The van der Waals surface area contributed by atoms with Gasteiger partial charge in [-0.3, -0.25) is 4.79 Å². The fourth-order valence-corrected chi connectivity index (χ4v) is 3.37. The van der Waals surface area contributed by atoms with Crippen LogP contribution in [0.3, 0.4) is 0 Å². The van der Waals surface area contributed by atoms with Crippen molar-refractivity contribution in [3.05, 3.63) is 50.1 Å². The first kappa shape index (κ1) is 17.3. The highest BCUT2D eigenvalue weighted by Crippen LogP contribution is 2.35. The van der Waals surface area contributed by atoms with Crippen molar-refractivity contribution in [3.8, 4) is 0 Å². The van der Waals surface area contributed by atoms with E-state index in [-0.39, 0.29) is 28.7 Å². The lowest BCUT2D eigenvalue weighted by Gasteiger charge is -2.00. The number of thiazole rings is 1. The standard InChI is InChI=1S/C15H8Cl2F3NO2S/c16-10-2-1-9-7(6-23-14(9)13(10)17)3-8(22)4-12-21-5-11(24-12)15(18,19)20/h1-2,5-6H,3-4H2. The summed E-state index contributed by atoms with van der Waals surface area (Å²) in [6, 6.07) is 3.27. The van der Waals surface area contributed by atoms with Gasteiger partial charge in [0.2, 0.25) is 0 Å². The van der Waals surface area contributed by atoms with Crippen LogP contribution < -0.4 is 0 Å². The van der Waals surface area contributed by atoms with Gasteiger partial charge in [-0.25, -0.2) is 4.98 Å². The Kier molecular flexibility index (Phi) is 4.59. The number of ketones is 1. The van der Waals surface area contributed by atoms with Gasteiger partial charge in [0, 0.05) is 17.4 Å². The minimum Gasteiger partial charge on any atom is -0.462 e. The average Bonchev–Trinajstić information content (AvgIpc) is 3.10. The molecule has 0 saturated carbocycles. The third kappa shape index (κ3) is 3.43. The Hall–Kier alpha value is -1.57. The third-order valence-corrected chi connectivity index (χ3v) is 5.11. The summed E-state index contributed by atoms with van der Waals surface area (Å²) in [4.78, 5) is 15.0. The van der Waals surface area contributed by atoms with Gasteiger partial charge in [0.05, 0.1) is 23.9 Å². The largest absolute Gasteiger partial charge is 0.462 e. The molecule has 3 aromatic rings. The second-order valence-electron chi connectivity index (χ2n) is 5.01. The summed E-state index contributed by atoms with van der Waals surface area (Å²) >= 11 is 12.4. The molecule has 0 amide bonds. The minimum atomic E-state index is -4.45. The van der Waals surface area contributed by atoms with Crippen molar-refractivity contribution in [2.75, 3.05) is 0 Å². The molecular weight excluding hydrogens is 386 g/mol. The molecule has 0 aliphatic heterocycles. The Morgan fingerprint density at radius 2 is 2.00 bits per heavy atom. The maximum atomic E-state index is 12.5. The summed E-state index contributed by atoms with van der Waals surface area (Å²) in [7, 11) is 0. The highest BCUT2D eigenvalue weighted by atomic mass is 35.5. The molecule has 0 atom stereocenters. The molecule has 0 bridgehead atoms. The smallest absolute Gasteiger partial charge is 0.427 e. The molecule has 1 aromatic carbocycles. The fourth-order valence-electron chi connectivity index (χ4n) is 2.20. The van der Waals surface area contributed by atoms with Gasteiger partial charge in [-0.2, -0.15) is 13.2 Å². The van der Waals surface area contributed by atoms with Crippen LogP contribution in [-0.4, -0.2) is 10.8 Å². The molecular formula is C15H8Cl2F3NO2S. The first-order valence-electron chi connectivity index (χ1n) is 6.63. The molecule has 2 aromatic heterocycles. The summed E-state index contributed by atoms with van der Waals surface area (Å²) in [5.74, 6) is -0.271. The highest BCUT2D eigenvalue weighted by Gasteiger charge is 2.33. The predicted molar refractivity (Wildman–Crippen MR) is 85.8 cm³/mol. The molecule has 24 heavy (non-hydrogen) atoms. The van der Waals surface area contributed by atoms with Gasteiger partial charge >= 0.3 is 6.18 Å². The molecule has 3 rings (SSSR count). The summed E-state index contributed by atoms with van der Waals surface area (Å²) in [6.07, 6.45) is -2.48. The van der Waals surface area contributed by atoms with Crippen molar-refractivity contribution >= 4 is 51.3 Å². The normalized spacial score (nSPS) is 12.0. The number of nitrogens with zero attached hydrogens (tertiary/aromatic N) is 1. The summed E-state index contributed by atoms with van der Waals surface area (Å²) in [5, 5.41) is 1.36. The van der Waals surface area contributed by atoms with Gasteiger partial charge in [-0.05, 0) is 12.1 Å². The Bertz CT molecular complexity index is 917. The SMILES string of the molecule is O=C(Cc1ncc(C(F)(F)F)s1)Cc1coc2c(Cl)c(Cl)ccc12. The minimum absolute atomic E-state index is 0.00585. The monoisotopic (exact) mass is 393 g/mol. The van der Waals surface area contributed by atoms with Crippen LogP contribution in [0, 0.1) is 0 Å². The number of benzene rings is 1. The molecule has 0 saturated heterocycles. The van der Waals surface area contributed by atoms with E-state index < -0.39 is 11.1 Å². The highest BCUT2D eigenvalue weighted by molar-refractivity contribution is 7.11. The zero-order valence-electron chi connectivity index (χ0n) is 11.8. The molecule has 0 aliphatic carbocycles. The van der Waals surface area contributed by atoms with Crippen molar-refractivity contribution in [1.82, 2.24) is 4.98 Å². The van der Waals surface area contributed by atoms with Gasteiger partial charge in [0.25, 0.3) is 0 Å². The molecule has 9 heteroatoms. The number of furan rings is 1. The van der Waals surface area contributed by atoms with E-state index in [9.17, 15) is 18.0 Å². The molecule has 126 valence electrons. The van der Waals surface area contributed by atoms with E-state index in [0.717, 1.165) is 6.20 Å². The van der Waals surface area contributed by atoms with Crippen molar-refractivity contribution in [1.29, 1.82) is 0 Å². The van der Waals surface area contributed by atoms with Crippen LogP contribution in [0.15, 0.2) is 29.0 Å². The molecule has 0 spiro atoms. The lowest BCUT2D eigenvalue weighted by atomic mass is 10.1. The number of aromatic nitrogens is 1. The van der Waals surface area contributed by atoms with E-state index in [0.29, 0.717) is 32.9 Å². The lowest BCUT2D eigenvalue weighted by Crippen LogP contribution is -2.06. The summed E-state index contributed by atoms with van der Waals surface area (Å²) in [6.45, 7) is 0. The van der Waals surface area contributed by atoms with E-state index in [1.165, 1.54) is 6.26 Å². The van der Waals surface area contributed by atoms with Crippen molar-refractivity contribution < 1.29 is 22.4 Å². The first-order chi connectivity index (χ1) is 11.3. The fraction of sp³-hybridized carbons (Fsp3) is 0.200. The molecule has 0 aliphatic rings. The molecule has 0 radical (unpaired) electrons. The zero-order valence-corrected chi connectivity index (χ0v) is 14.1. The number of carbonyl (C=O) groups excluding carboxylic acids is 1. The summed E-state index contributed by atoms with van der Waals surface area (Å²) < 4.78 is 42.9. The van der Waals surface area contributed by atoms with Crippen LogP contribution in [0.2, 0.25) is 10.0 Å². The zero-order chi connectivity index (χ0) is 17.5. The van der Waals surface area contributed by atoms with Crippen LogP contribution in [-0.2, 0) is 23.8 Å². The number of hydrogen-bond donors (Lipinski definition) is 0. The van der Waals surface area contributed by atoms with E-state index in [1.54, 1.807) is 12.1 Å². The number of alkyl halides is 3. The third-order valence-electron chi connectivity index (χ3n) is 3.28. The van der Waals surface area contributed by atoms with Crippen molar-refractivity contribution in [3.63, 3.8) is 0 Å². The van der Waals surface area contributed by atoms with Crippen LogP contribution in [0.5, 0.6) is 0 Å². The van der Waals surface area contributed by atoms with Gasteiger partial charge in [-0.15, -0.1) is 11.3 Å². The molecule has 3 nitrogen and oxygen atoms in total. The maximum Gasteiger partial charge on any atom is 0.427 e. The van der Waals surface area contributed by atoms with Crippen LogP contribution >= 0.6 is 34.5 Å². The number of fused-ring (bicyclic) bond motifs is 1. The number of halogens is 5. The van der Waals surface area contributed by atoms with Gasteiger partial charge in [-0.1, -0.05) is 23.2 Å². The topological polar surface area (TPSA) is 43.1 Å². The maximum absolute atomic E-state index is 12.5. The Labute approximate surface area is 148 Å². The predicted octanol–water partition coefficient (Wildman–Crippen LogP) is 5.57. The van der Waals surface area contributed by atoms with E-state index in [2.05, 4.69) is 4.98 Å².